The van der Waals surface area contributed by atoms with Gasteiger partial charge in [-0.2, -0.15) is 13.2 Å². The molecule has 3 rings (SSSR count). The van der Waals surface area contributed by atoms with Gasteiger partial charge in [0.2, 0.25) is 0 Å². The van der Waals surface area contributed by atoms with Gasteiger partial charge in [0.1, 0.15) is 0 Å². The number of rotatable bonds is 3. The van der Waals surface area contributed by atoms with Gasteiger partial charge in [0.25, 0.3) is 0 Å². The van der Waals surface area contributed by atoms with E-state index in [9.17, 15) is 23.1 Å². The van der Waals surface area contributed by atoms with Crippen LogP contribution in [0, 0.1) is 5.92 Å². The molecule has 2 fully saturated rings. The van der Waals surface area contributed by atoms with Crippen LogP contribution in [-0.2, 0) is 11.0 Å². The van der Waals surface area contributed by atoms with E-state index in [-0.39, 0.29) is 22.5 Å². The van der Waals surface area contributed by atoms with Crippen LogP contribution in [0.15, 0.2) is 24.3 Å². The quantitative estimate of drug-likeness (QED) is 0.834. The Morgan fingerprint density at radius 1 is 1.25 bits per heavy atom. The summed E-state index contributed by atoms with van der Waals surface area (Å²) in [5.41, 5.74) is 0.0394. The highest BCUT2D eigenvalue weighted by Crippen LogP contribution is 2.57. The number of thioether (sulfide) groups is 2. The highest BCUT2D eigenvalue weighted by Gasteiger charge is 2.49. The Hall–Kier alpha value is -0.860. The van der Waals surface area contributed by atoms with Crippen molar-refractivity contribution in [3.05, 3.63) is 35.4 Å². The molecule has 0 aromatic heterocycles. The molecule has 1 spiro atoms. The maximum absolute atomic E-state index is 12.8. The Labute approximate surface area is 146 Å². The first-order chi connectivity index (χ1) is 11.3. The number of alkyl halides is 3. The van der Waals surface area contributed by atoms with Gasteiger partial charge in [-0.05, 0) is 30.7 Å². The molecule has 8 heteroatoms. The van der Waals surface area contributed by atoms with Crippen LogP contribution in [0.1, 0.15) is 30.0 Å². The number of nitrogens with one attached hydrogen (secondary N) is 1. The van der Waals surface area contributed by atoms with Gasteiger partial charge in [0, 0.05) is 23.5 Å². The number of halogens is 3. The van der Waals surface area contributed by atoms with Crippen molar-refractivity contribution in [2.45, 2.75) is 29.1 Å². The molecule has 1 aromatic rings. The molecule has 2 aliphatic heterocycles. The van der Waals surface area contributed by atoms with Crippen LogP contribution >= 0.6 is 23.5 Å². The van der Waals surface area contributed by atoms with E-state index < -0.39 is 17.7 Å². The number of carboxylic acid groups (broad SMARTS) is 1. The lowest BCUT2D eigenvalue weighted by Gasteiger charge is -2.45. The predicted molar refractivity (Wildman–Crippen MR) is 90.2 cm³/mol. The predicted octanol–water partition coefficient (Wildman–Crippen LogP) is 4.01. The lowest BCUT2D eigenvalue weighted by Crippen LogP contribution is -2.48. The van der Waals surface area contributed by atoms with Crippen molar-refractivity contribution in [1.29, 1.82) is 0 Å². The van der Waals surface area contributed by atoms with E-state index in [4.69, 9.17) is 0 Å². The second-order valence-corrected chi connectivity index (χ2v) is 9.12. The van der Waals surface area contributed by atoms with Gasteiger partial charge in [-0.3, -0.25) is 4.79 Å². The van der Waals surface area contributed by atoms with Crippen LogP contribution in [-0.4, -0.2) is 33.2 Å². The molecular weight excluding hydrogens is 359 g/mol. The second kappa shape index (κ2) is 6.80. The normalized spacial score (nSPS) is 26.6. The average Bonchev–Trinajstić information content (AvgIpc) is 2.98. The van der Waals surface area contributed by atoms with E-state index in [1.54, 1.807) is 23.5 Å². The third kappa shape index (κ3) is 3.55. The molecule has 0 aliphatic carbocycles. The van der Waals surface area contributed by atoms with Gasteiger partial charge in [-0.25, -0.2) is 0 Å². The number of piperidine rings is 1. The van der Waals surface area contributed by atoms with Crippen LogP contribution in [0.25, 0.3) is 0 Å². The summed E-state index contributed by atoms with van der Waals surface area (Å²) in [5.74, 6) is 0.951. The zero-order valence-electron chi connectivity index (χ0n) is 12.8. The number of hydrogen-bond acceptors (Lipinski definition) is 4. The Kier molecular flexibility index (Phi) is 5.09. The summed E-state index contributed by atoms with van der Waals surface area (Å²) >= 11 is 3.60. The maximum atomic E-state index is 12.8. The van der Waals surface area contributed by atoms with Crippen molar-refractivity contribution in [2.75, 3.05) is 18.1 Å². The largest absolute Gasteiger partial charge is 0.481 e. The molecule has 2 heterocycles. The Bertz CT molecular complexity index is 600. The standard InChI is InChI=1S/C16H18F3NO2S2/c17-16(18,19)11-3-1-10(2-4-11)14-12(9-13(21)22)15(5-6-20-14)23-7-8-24-15/h1-4,12,14,20H,5-9H2,(H,21,22). The first kappa shape index (κ1) is 17.9. The molecule has 0 radical (unpaired) electrons. The smallest absolute Gasteiger partial charge is 0.416 e. The summed E-state index contributed by atoms with van der Waals surface area (Å²) in [4.78, 5) is 11.4. The van der Waals surface area contributed by atoms with Crippen LogP contribution < -0.4 is 5.32 Å². The van der Waals surface area contributed by atoms with E-state index >= 15 is 0 Å². The highest BCUT2D eigenvalue weighted by molar-refractivity contribution is 8.21. The van der Waals surface area contributed by atoms with E-state index in [0.717, 1.165) is 42.2 Å². The number of hydrogen-bond donors (Lipinski definition) is 2. The van der Waals surface area contributed by atoms with Gasteiger partial charge in [-0.1, -0.05) is 12.1 Å². The topological polar surface area (TPSA) is 49.3 Å². The summed E-state index contributed by atoms with van der Waals surface area (Å²) in [5, 5.41) is 12.7. The van der Waals surface area contributed by atoms with E-state index in [1.165, 1.54) is 12.1 Å². The Balaban J connectivity index is 1.90. The van der Waals surface area contributed by atoms with Crippen molar-refractivity contribution in [3.63, 3.8) is 0 Å². The molecule has 1 aromatic carbocycles. The molecule has 2 saturated heterocycles. The summed E-state index contributed by atoms with van der Waals surface area (Å²) in [6.07, 6.45) is -3.48. The summed E-state index contributed by atoms with van der Waals surface area (Å²) < 4.78 is 38.1. The molecular formula is C16H18F3NO2S2. The summed E-state index contributed by atoms with van der Waals surface area (Å²) in [6.45, 7) is 0.738. The molecule has 2 unspecified atom stereocenters. The van der Waals surface area contributed by atoms with Gasteiger partial charge in [0.05, 0.1) is 16.1 Å². The minimum absolute atomic E-state index is 0.0126. The van der Waals surface area contributed by atoms with Crippen LogP contribution in [0.3, 0.4) is 0 Å². The zero-order chi connectivity index (χ0) is 17.4. The van der Waals surface area contributed by atoms with Crippen LogP contribution in [0.4, 0.5) is 13.2 Å². The number of carbonyl (C=O) groups is 1. The molecule has 0 bridgehead atoms. The number of benzene rings is 1. The molecule has 2 N–H and O–H groups in total. The monoisotopic (exact) mass is 377 g/mol. The van der Waals surface area contributed by atoms with Crippen molar-refractivity contribution in [1.82, 2.24) is 5.32 Å². The molecule has 132 valence electrons. The third-order valence-corrected chi connectivity index (χ3v) is 8.35. The minimum Gasteiger partial charge on any atom is -0.481 e. The second-order valence-electron chi connectivity index (χ2n) is 6.01. The van der Waals surface area contributed by atoms with Crippen molar-refractivity contribution < 1.29 is 23.1 Å². The lowest BCUT2D eigenvalue weighted by molar-refractivity contribution is -0.139. The van der Waals surface area contributed by atoms with Crippen molar-refractivity contribution in [2.24, 2.45) is 5.92 Å². The fourth-order valence-corrected chi connectivity index (χ4v) is 7.05. The van der Waals surface area contributed by atoms with Gasteiger partial charge in [-0.15, -0.1) is 23.5 Å². The van der Waals surface area contributed by atoms with Gasteiger partial charge in [0.15, 0.2) is 0 Å². The summed E-state index contributed by atoms with van der Waals surface area (Å²) in [6, 6.07) is 4.85. The highest BCUT2D eigenvalue weighted by atomic mass is 32.2. The molecule has 3 nitrogen and oxygen atoms in total. The Morgan fingerprint density at radius 3 is 2.42 bits per heavy atom. The van der Waals surface area contributed by atoms with E-state index in [2.05, 4.69) is 5.32 Å². The maximum Gasteiger partial charge on any atom is 0.416 e. The molecule has 24 heavy (non-hydrogen) atoms. The summed E-state index contributed by atoms with van der Waals surface area (Å²) in [7, 11) is 0. The molecule has 0 amide bonds. The third-order valence-electron chi connectivity index (χ3n) is 4.57. The Morgan fingerprint density at radius 2 is 1.88 bits per heavy atom. The van der Waals surface area contributed by atoms with Gasteiger partial charge >= 0.3 is 12.1 Å². The van der Waals surface area contributed by atoms with E-state index in [0.29, 0.717) is 0 Å². The van der Waals surface area contributed by atoms with Crippen molar-refractivity contribution in [3.8, 4) is 0 Å². The lowest BCUT2D eigenvalue weighted by atomic mass is 9.83. The van der Waals surface area contributed by atoms with Gasteiger partial charge < -0.3 is 10.4 Å². The number of aliphatic carboxylic acids is 1. The van der Waals surface area contributed by atoms with Crippen LogP contribution in [0.2, 0.25) is 0 Å². The SMILES string of the molecule is O=C(O)CC1C(c2ccc(C(F)(F)F)cc2)NCCC12SCCS2. The fourth-order valence-electron chi connectivity index (χ4n) is 3.50. The van der Waals surface area contributed by atoms with Crippen molar-refractivity contribution >= 4 is 29.5 Å². The first-order valence-corrected chi connectivity index (χ1v) is 9.69. The fraction of sp³-hybridized carbons (Fsp3) is 0.562. The first-order valence-electron chi connectivity index (χ1n) is 7.72. The molecule has 0 saturated carbocycles. The minimum atomic E-state index is -4.36. The molecule has 2 atom stereocenters. The molecule has 2 aliphatic rings. The average molecular weight is 377 g/mol. The van der Waals surface area contributed by atoms with E-state index in [1.807, 2.05) is 0 Å². The zero-order valence-corrected chi connectivity index (χ0v) is 14.4. The number of carboxylic acids is 1. The van der Waals surface area contributed by atoms with Crippen LogP contribution in [0.5, 0.6) is 0 Å².